The van der Waals surface area contributed by atoms with Crippen molar-refractivity contribution in [3.63, 3.8) is 0 Å². The van der Waals surface area contributed by atoms with E-state index in [1.165, 1.54) is 6.07 Å². The van der Waals surface area contributed by atoms with E-state index in [-0.39, 0.29) is 5.43 Å². The minimum absolute atomic E-state index is 0.0869. The van der Waals surface area contributed by atoms with Crippen molar-refractivity contribution in [3.05, 3.63) is 46.8 Å². The highest BCUT2D eigenvalue weighted by molar-refractivity contribution is 5.58. The molecule has 1 aliphatic carbocycles. The Kier molecular flexibility index (Phi) is 1.55. The molecule has 12 heavy (non-hydrogen) atoms. The molecule has 2 aliphatic rings. The lowest BCUT2D eigenvalue weighted by Crippen LogP contribution is -2.04. The summed E-state index contributed by atoms with van der Waals surface area (Å²) in [5.41, 5.74) is 1.15. The molecular formula is C9H6N2O. The van der Waals surface area contributed by atoms with E-state index in [2.05, 4.69) is 10.2 Å². The van der Waals surface area contributed by atoms with Gasteiger partial charge in [0, 0.05) is 11.8 Å². The molecule has 0 fully saturated rings. The van der Waals surface area contributed by atoms with Crippen LogP contribution in [0.2, 0.25) is 0 Å². The van der Waals surface area contributed by atoms with Crippen LogP contribution in [0.15, 0.2) is 41.3 Å². The Hall–Kier alpha value is -1.77. The second-order valence-electron chi connectivity index (χ2n) is 2.42. The Morgan fingerprint density at radius 1 is 1.08 bits per heavy atom. The number of fused-ring (bicyclic) bond motifs is 1. The molecule has 0 saturated heterocycles. The van der Waals surface area contributed by atoms with E-state index in [4.69, 9.17) is 0 Å². The van der Waals surface area contributed by atoms with E-state index in [9.17, 15) is 4.79 Å². The van der Waals surface area contributed by atoms with E-state index >= 15 is 0 Å². The summed E-state index contributed by atoms with van der Waals surface area (Å²) in [6.45, 7) is 0. The lowest BCUT2D eigenvalue weighted by molar-refractivity contribution is 1.05. The molecule has 3 nitrogen and oxygen atoms in total. The molecule has 0 bridgehead atoms. The summed E-state index contributed by atoms with van der Waals surface area (Å²) in [5, 5.41) is 7.47. The smallest absolute Gasteiger partial charge is 0.206 e. The molecule has 0 aromatic carbocycles. The van der Waals surface area contributed by atoms with Gasteiger partial charge in [-0.2, -0.15) is 5.10 Å². The molecule has 3 heteroatoms. The Labute approximate surface area is 69.0 Å². The van der Waals surface area contributed by atoms with Crippen LogP contribution in [0.5, 0.6) is 0 Å². The molecular weight excluding hydrogens is 152 g/mol. The number of hydrogen-bond acceptors (Lipinski definition) is 3. The number of benzene rings is 1. The van der Waals surface area contributed by atoms with Crippen LogP contribution in [0.4, 0.5) is 0 Å². The highest BCUT2D eigenvalue weighted by atomic mass is 16.1. The van der Waals surface area contributed by atoms with Gasteiger partial charge in [-0.15, -0.1) is 5.10 Å². The molecule has 0 radical (unpaired) electrons. The molecule has 0 aromatic rings. The van der Waals surface area contributed by atoms with Crippen molar-refractivity contribution in [2.75, 3.05) is 0 Å². The van der Waals surface area contributed by atoms with Gasteiger partial charge in [-0.05, 0) is 12.1 Å². The Morgan fingerprint density at radius 3 is 2.83 bits per heavy atom. The van der Waals surface area contributed by atoms with Crippen LogP contribution in [0.1, 0.15) is 0 Å². The van der Waals surface area contributed by atoms with E-state index < -0.39 is 0 Å². The summed E-state index contributed by atoms with van der Waals surface area (Å²) in [4.78, 5) is 11.2. The molecule has 2 rings (SSSR count). The summed E-state index contributed by atoms with van der Waals surface area (Å²) in [6.07, 6.45) is 1.56. The van der Waals surface area contributed by atoms with Crippen molar-refractivity contribution in [2.24, 2.45) is 0 Å². The summed E-state index contributed by atoms with van der Waals surface area (Å²) < 4.78 is 0. The standard InChI is InChI=1S/C9H6N2O/c12-8-5-1-3-7-4-2-6-10-11-9(7)8/h1-6H. The van der Waals surface area contributed by atoms with Gasteiger partial charge in [-0.25, -0.2) is 0 Å². The zero-order valence-electron chi connectivity index (χ0n) is 6.27. The largest absolute Gasteiger partial charge is 0.287 e. The molecule has 0 N–H and O–H groups in total. The number of nitrogens with zero attached hydrogens (tertiary/aromatic N) is 2. The molecule has 58 valence electrons. The first-order valence-electron chi connectivity index (χ1n) is 3.59. The fourth-order valence-electron chi connectivity index (χ4n) is 1.06. The van der Waals surface area contributed by atoms with Gasteiger partial charge in [0.15, 0.2) is 0 Å². The number of hydrogen-bond donors (Lipinski definition) is 0. The zero-order valence-corrected chi connectivity index (χ0v) is 6.27. The van der Waals surface area contributed by atoms with E-state index in [0.717, 1.165) is 5.56 Å². The fraction of sp³-hybridized carbons (Fsp3) is 0. The lowest BCUT2D eigenvalue weighted by atomic mass is 10.1. The summed E-state index contributed by atoms with van der Waals surface area (Å²) in [6, 6.07) is 8.61. The molecule has 0 aromatic heterocycles. The SMILES string of the molecule is O=c1cccc2cccnnc1-2. The third-order valence-corrected chi connectivity index (χ3v) is 1.62. The van der Waals surface area contributed by atoms with Crippen LogP contribution in [-0.4, -0.2) is 10.2 Å². The molecule has 0 saturated carbocycles. The average molecular weight is 158 g/mol. The zero-order chi connectivity index (χ0) is 8.39. The highest BCUT2D eigenvalue weighted by Gasteiger charge is 2.02. The predicted octanol–water partition coefficient (Wildman–Crippen LogP) is 0.942. The molecule has 0 spiro atoms. The third kappa shape index (κ3) is 1.05. The second-order valence-corrected chi connectivity index (χ2v) is 2.42. The van der Waals surface area contributed by atoms with Crippen molar-refractivity contribution in [3.8, 4) is 11.3 Å². The Bertz CT molecular complexity index is 428. The predicted molar refractivity (Wildman–Crippen MR) is 44.9 cm³/mol. The Balaban J connectivity index is 2.88. The van der Waals surface area contributed by atoms with Gasteiger partial charge >= 0.3 is 0 Å². The summed E-state index contributed by atoms with van der Waals surface area (Å²) in [5.74, 6) is 0. The number of rotatable bonds is 0. The van der Waals surface area contributed by atoms with Crippen molar-refractivity contribution < 1.29 is 0 Å². The van der Waals surface area contributed by atoms with Crippen LogP contribution < -0.4 is 5.43 Å². The van der Waals surface area contributed by atoms with Crippen LogP contribution >= 0.6 is 0 Å². The van der Waals surface area contributed by atoms with Crippen LogP contribution in [0.3, 0.4) is 0 Å². The van der Waals surface area contributed by atoms with Crippen molar-refractivity contribution >= 4 is 0 Å². The average Bonchev–Trinajstić information content (AvgIpc) is 2.30. The second kappa shape index (κ2) is 2.70. The van der Waals surface area contributed by atoms with Crippen molar-refractivity contribution in [2.45, 2.75) is 0 Å². The van der Waals surface area contributed by atoms with Gasteiger partial charge in [-0.3, -0.25) is 4.79 Å². The van der Waals surface area contributed by atoms with Crippen LogP contribution in [0.25, 0.3) is 11.3 Å². The van der Waals surface area contributed by atoms with E-state index in [1.807, 2.05) is 12.1 Å². The maximum atomic E-state index is 11.2. The maximum absolute atomic E-state index is 11.2. The lowest BCUT2D eigenvalue weighted by Gasteiger charge is -1.93. The van der Waals surface area contributed by atoms with Gasteiger partial charge in [0.05, 0.1) is 0 Å². The summed E-state index contributed by atoms with van der Waals surface area (Å²) in [7, 11) is 0. The molecule has 1 heterocycles. The minimum Gasteiger partial charge on any atom is -0.287 e. The van der Waals surface area contributed by atoms with Crippen molar-refractivity contribution in [1.82, 2.24) is 10.2 Å². The fourth-order valence-corrected chi connectivity index (χ4v) is 1.06. The molecule has 1 aliphatic heterocycles. The van der Waals surface area contributed by atoms with Crippen LogP contribution in [0, 0.1) is 0 Å². The number of aromatic nitrogens is 2. The van der Waals surface area contributed by atoms with Gasteiger partial charge in [-0.1, -0.05) is 18.2 Å². The first kappa shape index (κ1) is 6.91. The molecule has 0 atom stereocenters. The first-order valence-corrected chi connectivity index (χ1v) is 3.59. The maximum Gasteiger partial charge on any atom is 0.206 e. The van der Waals surface area contributed by atoms with Gasteiger partial charge in [0.2, 0.25) is 5.43 Å². The first-order chi connectivity index (χ1) is 5.88. The highest BCUT2D eigenvalue weighted by Crippen LogP contribution is 2.09. The third-order valence-electron chi connectivity index (χ3n) is 1.62. The molecule has 0 unspecified atom stereocenters. The monoisotopic (exact) mass is 158 g/mol. The van der Waals surface area contributed by atoms with Gasteiger partial charge < -0.3 is 0 Å². The minimum atomic E-state index is -0.0869. The van der Waals surface area contributed by atoms with Gasteiger partial charge in [0.1, 0.15) is 5.69 Å². The quantitative estimate of drug-likeness (QED) is 0.573. The van der Waals surface area contributed by atoms with Crippen molar-refractivity contribution in [1.29, 1.82) is 0 Å². The van der Waals surface area contributed by atoms with Crippen LogP contribution in [-0.2, 0) is 0 Å². The van der Waals surface area contributed by atoms with E-state index in [1.54, 1.807) is 18.3 Å². The molecule has 0 amide bonds. The van der Waals surface area contributed by atoms with E-state index in [0.29, 0.717) is 5.69 Å². The summed E-state index contributed by atoms with van der Waals surface area (Å²) >= 11 is 0. The topological polar surface area (TPSA) is 42.9 Å². The normalized spacial score (nSPS) is 10.0. The van der Waals surface area contributed by atoms with Gasteiger partial charge in [0.25, 0.3) is 0 Å². The Morgan fingerprint density at radius 2 is 1.92 bits per heavy atom.